The molecule has 2 bridgehead atoms. The lowest BCUT2D eigenvalue weighted by Crippen LogP contribution is -2.15. The van der Waals surface area contributed by atoms with E-state index in [2.05, 4.69) is 27.0 Å². The molecule has 2 aliphatic carbocycles. The summed E-state index contributed by atoms with van der Waals surface area (Å²) in [6.45, 7) is 1.85. The topological polar surface area (TPSA) is 71.3 Å². The number of anilines is 1. The number of nitrogens with one attached hydrogen (secondary N) is 2. The van der Waals surface area contributed by atoms with Crippen molar-refractivity contribution in [3.05, 3.63) is 46.8 Å². The summed E-state index contributed by atoms with van der Waals surface area (Å²) >= 11 is 0. The van der Waals surface area contributed by atoms with E-state index in [4.69, 9.17) is 0 Å². The lowest BCUT2D eigenvalue weighted by atomic mass is 9.90. The minimum atomic E-state index is -0.108. The van der Waals surface area contributed by atoms with Crippen LogP contribution in [-0.2, 0) is 7.05 Å². The summed E-state index contributed by atoms with van der Waals surface area (Å²) in [5, 5.41) is 11.8. The van der Waals surface area contributed by atoms with E-state index < -0.39 is 0 Å². The van der Waals surface area contributed by atoms with Crippen LogP contribution in [0.5, 0.6) is 0 Å². The highest BCUT2D eigenvalue weighted by molar-refractivity contribution is 6.09. The molecule has 2 aromatic rings. The van der Waals surface area contributed by atoms with Crippen LogP contribution in [0.3, 0.4) is 0 Å². The van der Waals surface area contributed by atoms with Gasteiger partial charge in [0.25, 0.3) is 5.91 Å². The molecule has 1 fully saturated rings. The first kappa shape index (κ1) is 14.9. The highest BCUT2D eigenvalue weighted by atomic mass is 16.1. The summed E-state index contributed by atoms with van der Waals surface area (Å²) in [6.07, 6.45) is 3.99. The quantitative estimate of drug-likeness (QED) is 0.853. The third kappa shape index (κ3) is 2.13. The van der Waals surface area contributed by atoms with E-state index in [0.29, 0.717) is 17.4 Å². The normalized spacial score (nSPS) is 22.7. The van der Waals surface area contributed by atoms with Crippen molar-refractivity contribution in [3.63, 3.8) is 0 Å². The second-order valence-corrected chi connectivity index (χ2v) is 6.51. The van der Waals surface area contributed by atoms with Crippen molar-refractivity contribution in [1.29, 1.82) is 0 Å². The first-order valence-corrected chi connectivity index (χ1v) is 8.28. The summed E-state index contributed by atoms with van der Waals surface area (Å²) in [6, 6.07) is 6.16. The van der Waals surface area contributed by atoms with E-state index in [0.717, 1.165) is 24.2 Å². The van der Waals surface area contributed by atoms with Crippen molar-refractivity contribution in [1.82, 2.24) is 15.2 Å². The zero-order chi connectivity index (χ0) is 16.8. The van der Waals surface area contributed by atoms with Gasteiger partial charge in [-0.2, -0.15) is 10.2 Å². The van der Waals surface area contributed by atoms with Gasteiger partial charge in [0.05, 0.1) is 17.0 Å². The zero-order valence-electron chi connectivity index (χ0n) is 14.1. The molecule has 24 heavy (non-hydrogen) atoms. The van der Waals surface area contributed by atoms with Crippen LogP contribution in [0.15, 0.2) is 29.5 Å². The Labute approximate surface area is 140 Å². The predicted octanol–water partition coefficient (Wildman–Crippen LogP) is 2.53. The Morgan fingerprint density at radius 2 is 2.12 bits per heavy atom. The maximum atomic E-state index is 12.7. The predicted molar refractivity (Wildman–Crippen MR) is 93.6 cm³/mol. The zero-order valence-corrected chi connectivity index (χ0v) is 14.1. The van der Waals surface area contributed by atoms with Crippen molar-refractivity contribution in [2.75, 3.05) is 12.4 Å². The van der Waals surface area contributed by atoms with Crippen LogP contribution < -0.4 is 10.7 Å². The minimum Gasteiger partial charge on any atom is -0.322 e. The summed E-state index contributed by atoms with van der Waals surface area (Å²) in [5.74, 6) is 0.585. The number of carbonyl (C=O) groups excluding carboxylic acids is 1. The van der Waals surface area contributed by atoms with Gasteiger partial charge in [-0.25, -0.2) is 0 Å². The van der Waals surface area contributed by atoms with Gasteiger partial charge in [0.2, 0.25) is 0 Å². The summed E-state index contributed by atoms with van der Waals surface area (Å²) < 4.78 is 1.67. The molecular weight excluding hydrogens is 302 g/mol. The van der Waals surface area contributed by atoms with Crippen molar-refractivity contribution >= 4 is 17.3 Å². The first-order valence-electron chi connectivity index (χ1n) is 8.28. The molecule has 0 radical (unpaired) electrons. The smallest absolute Gasteiger partial charge is 0.259 e. The van der Waals surface area contributed by atoms with E-state index in [1.165, 1.54) is 16.8 Å². The molecular formula is C18H21N5O. The van der Waals surface area contributed by atoms with Gasteiger partial charge in [0.1, 0.15) is 0 Å². The Morgan fingerprint density at radius 3 is 2.83 bits per heavy atom. The van der Waals surface area contributed by atoms with Crippen LogP contribution in [0.1, 0.15) is 51.9 Å². The van der Waals surface area contributed by atoms with Gasteiger partial charge in [-0.15, -0.1) is 0 Å². The lowest BCUT2D eigenvalue weighted by Gasteiger charge is -2.18. The van der Waals surface area contributed by atoms with Gasteiger partial charge in [0.15, 0.2) is 0 Å². The summed E-state index contributed by atoms with van der Waals surface area (Å²) in [5.41, 5.74) is 8.92. The number of benzene rings is 1. The molecule has 1 aromatic heterocycles. The Bertz CT molecular complexity index is 851. The standard InChI is InChI=1S/C18H21N5O/c1-10-14(9-23(3)22-10)18(24)20-15-6-4-5-11-12-7-8-13(16(11)15)17(12)21-19-2/h4-6,9,12-13,19H,7-8H2,1-3H3,(H,20,24). The summed E-state index contributed by atoms with van der Waals surface area (Å²) in [4.78, 5) is 12.7. The second kappa shape index (κ2) is 5.47. The summed E-state index contributed by atoms with van der Waals surface area (Å²) in [7, 11) is 3.66. The Hall–Kier alpha value is -2.63. The number of hydrogen-bond acceptors (Lipinski definition) is 4. The SMILES string of the molecule is CNN=C1C2CCC1c1c(NC(=O)c3cn(C)nc3C)cccc12. The Balaban J connectivity index is 1.69. The van der Waals surface area contributed by atoms with Crippen LogP contribution in [0.2, 0.25) is 0 Å². The molecule has 1 saturated carbocycles. The molecule has 2 N–H and O–H groups in total. The molecule has 0 aliphatic heterocycles. The highest BCUT2D eigenvalue weighted by Gasteiger charge is 2.44. The van der Waals surface area contributed by atoms with Crippen molar-refractivity contribution in [3.8, 4) is 0 Å². The van der Waals surface area contributed by atoms with Crippen LogP contribution in [0, 0.1) is 6.92 Å². The van der Waals surface area contributed by atoms with Gasteiger partial charge >= 0.3 is 0 Å². The van der Waals surface area contributed by atoms with Crippen molar-refractivity contribution in [2.24, 2.45) is 12.1 Å². The lowest BCUT2D eigenvalue weighted by molar-refractivity contribution is 0.102. The maximum Gasteiger partial charge on any atom is 0.259 e. The number of fused-ring (bicyclic) bond motifs is 5. The molecule has 124 valence electrons. The number of aromatic nitrogens is 2. The third-order valence-corrected chi connectivity index (χ3v) is 5.07. The molecule has 2 unspecified atom stereocenters. The van der Waals surface area contributed by atoms with Crippen LogP contribution >= 0.6 is 0 Å². The van der Waals surface area contributed by atoms with Gasteiger partial charge in [-0.1, -0.05) is 12.1 Å². The molecule has 2 atom stereocenters. The second-order valence-electron chi connectivity index (χ2n) is 6.51. The minimum absolute atomic E-state index is 0.108. The van der Waals surface area contributed by atoms with Gasteiger partial charge < -0.3 is 10.7 Å². The van der Waals surface area contributed by atoms with E-state index in [1.807, 2.05) is 33.2 Å². The van der Waals surface area contributed by atoms with E-state index in [1.54, 1.807) is 10.9 Å². The Morgan fingerprint density at radius 1 is 1.33 bits per heavy atom. The van der Waals surface area contributed by atoms with Gasteiger partial charge in [-0.05, 0) is 37.0 Å². The monoisotopic (exact) mass is 323 g/mol. The average Bonchev–Trinajstić information content (AvgIpc) is 3.20. The highest BCUT2D eigenvalue weighted by Crippen LogP contribution is 2.53. The van der Waals surface area contributed by atoms with E-state index in [-0.39, 0.29) is 5.91 Å². The average molecular weight is 323 g/mol. The number of rotatable bonds is 3. The first-order chi connectivity index (χ1) is 11.6. The fourth-order valence-corrected chi connectivity index (χ4v) is 4.16. The number of aryl methyl sites for hydroxylation is 2. The number of hydrazone groups is 1. The molecule has 4 rings (SSSR count). The molecule has 6 nitrogen and oxygen atoms in total. The van der Waals surface area contributed by atoms with Crippen molar-refractivity contribution < 1.29 is 4.79 Å². The molecule has 1 amide bonds. The largest absolute Gasteiger partial charge is 0.322 e. The molecule has 1 aromatic carbocycles. The number of hydrogen-bond donors (Lipinski definition) is 2. The van der Waals surface area contributed by atoms with Gasteiger partial charge in [0, 0.05) is 37.8 Å². The van der Waals surface area contributed by atoms with Crippen LogP contribution in [0.4, 0.5) is 5.69 Å². The maximum absolute atomic E-state index is 12.7. The molecule has 1 heterocycles. The molecule has 6 heteroatoms. The Kier molecular flexibility index (Phi) is 3.40. The number of amides is 1. The molecule has 0 saturated heterocycles. The van der Waals surface area contributed by atoms with Gasteiger partial charge in [-0.3, -0.25) is 9.48 Å². The number of carbonyl (C=O) groups is 1. The fraction of sp³-hybridized carbons (Fsp3) is 0.389. The van der Waals surface area contributed by atoms with E-state index in [9.17, 15) is 4.79 Å². The molecule has 2 aliphatic rings. The number of nitrogens with zero attached hydrogens (tertiary/aromatic N) is 3. The van der Waals surface area contributed by atoms with Crippen LogP contribution in [-0.4, -0.2) is 28.4 Å². The third-order valence-electron chi connectivity index (χ3n) is 5.07. The fourth-order valence-electron chi connectivity index (χ4n) is 4.16. The van der Waals surface area contributed by atoms with E-state index >= 15 is 0 Å². The van der Waals surface area contributed by atoms with Crippen LogP contribution in [0.25, 0.3) is 0 Å². The van der Waals surface area contributed by atoms with Crippen molar-refractivity contribution in [2.45, 2.75) is 31.6 Å². The molecule has 0 spiro atoms.